The second-order valence-corrected chi connectivity index (χ2v) is 4.11. The van der Waals surface area contributed by atoms with Gasteiger partial charge in [-0.1, -0.05) is 6.07 Å². The van der Waals surface area contributed by atoms with E-state index in [0.717, 1.165) is 12.1 Å². The molecule has 2 aromatic rings. The molecule has 8 heteroatoms. The summed E-state index contributed by atoms with van der Waals surface area (Å²) in [4.78, 5) is 15.3. The van der Waals surface area contributed by atoms with Crippen molar-refractivity contribution >= 4 is 5.78 Å². The van der Waals surface area contributed by atoms with Crippen LogP contribution in [-0.2, 0) is 23.9 Å². The summed E-state index contributed by atoms with van der Waals surface area (Å²) in [7, 11) is 0. The number of Topliss-reactive ketones (excluding diaryl/α,β-unsaturated/α-hetero) is 1. The molecule has 0 radical (unpaired) electrons. The summed E-state index contributed by atoms with van der Waals surface area (Å²) in [6.07, 6.45) is -2.35. The lowest BCUT2D eigenvalue weighted by atomic mass is 10.1. The Morgan fingerprint density at radius 3 is 2.60 bits per heavy atom. The molecule has 0 spiro atoms. The normalized spacial score (nSPS) is 11.6. The molecule has 0 unspecified atom stereocenters. The average molecular weight is 287 g/mol. The smallest absolute Gasteiger partial charge is 0.297 e. The molecule has 1 aromatic heterocycles. The van der Waals surface area contributed by atoms with Gasteiger partial charge in [0.15, 0.2) is 5.78 Å². The lowest BCUT2D eigenvalue weighted by molar-refractivity contribution is -0.137. The van der Waals surface area contributed by atoms with Crippen LogP contribution in [0.2, 0.25) is 0 Å². The number of aromatic nitrogens is 3. The van der Waals surface area contributed by atoms with Crippen molar-refractivity contribution in [3.63, 3.8) is 0 Å². The molecular weight excluding hydrogens is 278 g/mol. The molecule has 0 aliphatic heterocycles. The van der Waals surface area contributed by atoms with Gasteiger partial charge in [0.2, 0.25) is 0 Å². The third-order valence-electron chi connectivity index (χ3n) is 2.57. The SMILES string of the molecule is O=C(Cc1ccc(C(F)(F)F)cc1F)Cn1cncn1. The molecule has 0 saturated heterocycles. The molecule has 0 saturated carbocycles. The number of carbonyl (C=O) groups excluding carboxylic acids is 1. The van der Waals surface area contributed by atoms with E-state index in [0.29, 0.717) is 6.07 Å². The molecular formula is C12H9F4N3O. The highest BCUT2D eigenvalue weighted by Crippen LogP contribution is 2.30. The molecule has 2 rings (SSSR count). The molecule has 0 fully saturated rings. The second-order valence-electron chi connectivity index (χ2n) is 4.11. The van der Waals surface area contributed by atoms with E-state index in [-0.39, 0.29) is 24.3 Å². The van der Waals surface area contributed by atoms with Gasteiger partial charge in [-0.05, 0) is 17.7 Å². The van der Waals surface area contributed by atoms with Crippen LogP contribution in [0.3, 0.4) is 0 Å². The number of nitrogens with zero attached hydrogens (tertiary/aromatic N) is 3. The number of alkyl halides is 3. The largest absolute Gasteiger partial charge is 0.416 e. The summed E-state index contributed by atoms with van der Waals surface area (Å²) in [5, 5.41) is 3.71. The molecule has 0 aliphatic carbocycles. The van der Waals surface area contributed by atoms with E-state index in [2.05, 4.69) is 10.1 Å². The number of hydrogen-bond donors (Lipinski definition) is 0. The molecule has 1 aromatic carbocycles. The molecule has 0 bridgehead atoms. The minimum Gasteiger partial charge on any atom is -0.297 e. The zero-order valence-electron chi connectivity index (χ0n) is 10.1. The van der Waals surface area contributed by atoms with E-state index in [9.17, 15) is 22.4 Å². The molecule has 106 valence electrons. The number of benzene rings is 1. The average Bonchev–Trinajstić information content (AvgIpc) is 2.83. The van der Waals surface area contributed by atoms with Gasteiger partial charge in [-0.25, -0.2) is 14.1 Å². The van der Waals surface area contributed by atoms with Gasteiger partial charge < -0.3 is 0 Å². The maximum Gasteiger partial charge on any atom is 0.416 e. The topological polar surface area (TPSA) is 47.8 Å². The fraction of sp³-hybridized carbons (Fsp3) is 0.250. The third kappa shape index (κ3) is 3.40. The first-order chi connectivity index (χ1) is 9.36. The fourth-order valence-corrected chi connectivity index (χ4v) is 1.63. The quantitative estimate of drug-likeness (QED) is 0.810. The van der Waals surface area contributed by atoms with Crippen LogP contribution in [0.4, 0.5) is 17.6 Å². The van der Waals surface area contributed by atoms with E-state index >= 15 is 0 Å². The second kappa shape index (κ2) is 5.40. The predicted molar refractivity (Wildman–Crippen MR) is 60.1 cm³/mol. The van der Waals surface area contributed by atoms with Crippen molar-refractivity contribution in [1.82, 2.24) is 14.8 Å². The standard InChI is InChI=1S/C12H9F4N3O/c13-11-4-9(12(14,15)16)2-1-8(11)3-10(20)5-19-7-17-6-18-19/h1-2,4,6-7H,3,5H2. The number of halogens is 4. The van der Waals surface area contributed by atoms with Gasteiger partial charge in [-0.2, -0.15) is 18.3 Å². The molecule has 1 heterocycles. The third-order valence-corrected chi connectivity index (χ3v) is 2.57. The first-order valence-electron chi connectivity index (χ1n) is 5.56. The number of hydrogen-bond acceptors (Lipinski definition) is 3. The van der Waals surface area contributed by atoms with Crippen molar-refractivity contribution in [2.75, 3.05) is 0 Å². The highest BCUT2D eigenvalue weighted by molar-refractivity contribution is 5.80. The van der Waals surface area contributed by atoms with E-state index in [1.165, 1.54) is 17.3 Å². The van der Waals surface area contributed by atoms with Gasteiger partial charge in [0.25, 0.3) is 0 Å². The number of carbonyl (C=O) groups is 1. The van der Waals surface area contributed by atoms with Crippen LogP contribution in [-0.4, -0.2) is 20.5 Å². The Morgan fingerprint density at radius 2 is 2.05 bits per heavy atom. The Morgan fingerprint density at radius 1 is 1.30 bits per heavy atom. The van der Waals surface area contributed by atoms with Crippen LogP contribution in [0.5, 0.6) is 0 Å². The summed E-state index contributed by atoms with van der Waals surface area (Å²) in [6.45, 7) is -0.111. The van der Waals surface area contributed by atoms with Crippen molar-refractivity contribution in [3.05, 3.63) is 47.8 Å². The maximum atomic E-state index is 13.5. The van der Waals surface area contributed by atoms with Crippen LogP contribution >= 0.6 is 0 Å². The number of rotatable bonds is 4. The zero-order valence-corrected chi connectivity index (χ0v) is 10.1. The van der Waals surface area contributed by atoms with E-state index in [1.54, 1.807) is 0 Å². The lowest BCUT2D eigenvalue weighted by Gasteiger charge is -2.08. The zero-order chi connectivity index (χ0) is 14.8. The van der Waals surface area contributed by atoms with Crippen LogP contribution in [0.1, 0.15) is 11.1 Å². The monoisotopic (exact) mass is 287 g/mol. The van der Waals surface area contributed by atoms with Crippen LogP contribution in [0.15, 0.2) is 30.9 Å². The predicted octanol–water partition coefficient (Wildman–Crippen LogP) is 2.25. The van der Waals surface area contributed by atoms with Crippen molar-refractivity contribution in [2.24, 2.45) is 0 Å². The van der Waals surface area contributed by atoms with Gasteiger partial charge in [-0.3, -0.25) is 4.79 Å². The van der Waals surface area contributed by atoms with Gasteiger partial charge in [0.1, 0.15) is 25.0 Å². The van der Waals surface area contributed by atoms with E-state index < -0.39 is 17.6 Å². The molecule has 0 N–H and O–H groups in total. The molecule has 20 heavy (non-hydrogen) atoms. The summed E-state index contributed by atoms with van der Waals surface area (Å²) in [5.74, 6) is -1.43. The minimum atomic E-state index is -4.61. The molecule has 4 nitrogen and oxygen atoms in total. The Balaban J connectivity index is 2.08. The van der Waals surface area contributed by atoms with Gasteiger partial charge in [0, 0.05) is 6.42 Å². The highest BCUT2D eigenvalue weighted by Gasteiger charge is 2.31. The highest BCUT2D eigenvalue weighted by atomic mass is 19.4. The maximum absolute atomic E-state index is 13.5. The van der Waals surface area contributed by atoms with Gasteiger partial charge >= 0.3 is 6.18 Å². The first kappa shape index (κ1) is 14.2. The van der Waals surface area contributed by atoms with Gasteiger partial charge in [0.05, 0.1) is 5.56 Å². The van der Waals surface area contributed by atoms with Crippen LogP contribution in [0, 0.1) is 5.82 Å². The summed E-state index contributed by atoms with van der Waals surface area (Å²) < 4.78 is 51.9. The Kier molecular flexibility index (Phi) is 3.82. The van der Waals surface area contributed by atoms with Crippen molar-refractivity contribution in [2.45, 2.75) is 19.1 Å². The first-order valence-corrected chi connectivity index (χ1v) is 5.56. The summed E-state index contributed by atoms with van der Waals surface area (Å²) in [6, 6.07) is 2.11. The molecule has 0 atom stereocenters. The van der Waals surface area contributed by atoms with E-state index in [4.69, 9.17) is 0 Å². The molecule has 0 aliphatic rings. The fourth-order valence-electron chi connectivity index (χ4n) is 1.63. The van der Waals surface area contributed by atoms with Crippen molar-refractivity contribution < 1.29 is 22.4 Å². The lowest BCUT2D eigenvalue weighted by Crippen LogP contribution is -2.14. The van der Waals surface area contributed by atoms with Crippen molar-refractivity contribution in [3.8, 4) is 0 Å². The van der Waals surface area contributed by atoms with Gasteiger partial charge in [-0.15, -0.1) is 0 Å². The molecule has 0 amide bonds. The Hall–Kier alpha value is -2.25. The van der Waals surface area contributed by atoms with Crippen LogP contribution in [0.25, 0.3) is 0 Å². The van der Waals surface area contributed by atoms with Crippen LogP contribution < -0.4 is 0 Å². The Labute approximate surface area is 111 Å². The van der Waals surface area contributed by atoms with E-state index in [1.807, 2.05) is 0 Å². The Bertz CT molecular complexity index is 608. The minimum absolute atomic E-state index is 0.0804. The summed E-state index contributed by atoms with van der Waals surface area (Å²) >= 11 is 0. The number of ketones is 1. The van der Waals surface area contributed by atoms with Crippen molar-refractivity contribution in [1.29, 1.82) is 0 Å². The summed E-state index contributed by atoms with van der Waals surface area (Å²) in [5.41, 5.74) is -1.16.